The van der Waals surface area contributed by atoms with Gasteiger partial charge in [-0.15, -0.1) is 5.10 Å². The van der Waals surface area contributed by atoms with E-state index in [0.717, 1.165) is 16.8 Å². The van der Waals surface area contributed by atoms with Crippen molar-refractivity contribution in [1.29, 1.82) is 0 Å². The number of pyridine rings is 1. The van der Waals surface area contributed by atoms with E-state index in [1.807, 2.05) is 41.3 Å². The number of aliphatic hydroxyl groups excluding tert-OH is 1. The number of benzene rings is 1. The zero-order valence-electron chi connectivity index (χ0n) is 30.5. The fourth-order valence-corrected chi connectivity index (χ4v) is 5.43. The number of aromatic amines is 1. The van der Waals surface area contributed by atoms with Crippen molar-refractivity contribution >= 4 is 50.5 Å². The predicted molar refractivity (Wildman–Crippen MR) is 196 cm³/mol. The number of anilines is 1. The average molecular weight is 808 g/mol. The van der Waals surface area contributed by atoms with Crippen molar-refractivity contribution in [2.24, 2.45) is 0 Å². The molecule has 2 unspecified atom stereocenters. The fraction of sp³-hybridized carbons (Fsp3) is 0.457. The highest BCUT2D eigenvalue weighted by Gasteiger charge is 2.24. The first-order valence-electron chi connectivity index (χ1n) is 17.5. The Labute approximate surface area is 321 Å². The Hall–Kier alpha value is -5.24. The van der Waals surface area contributed by atoms with Crippen molar-refractivity contribution in [3.8, 4) is 0 Å². The standard InChI is InChI=1S/C35H46N5O15P/c41-16-15-39(31-10-7-28(8-11-31)5-6-29-9-12-33(44)36-21-29)13-14-40-22-30(37-38-40)23-52-35(46)3-1-17-49-19-20-51-34(45)4-2-18-54-56(47,48)55-25-32(53-27-43)24-50-26-42/h5-12,21-22,26-27,32,41H,1-4,13-20,23-25H2,(H,36,44)(H,47,48)/b6-5+. The lowest BCUT2D eigenvalue weighted by molar-refractivity contribution is -0.145. The number of aliphatic hydroxyl groups is 1. The van der Waals surface area contributed by atoms with Crippen molar-refractivity contribution < 1.29 is 66.5 Å². The molecule has 0 fully saturated rings. The summed E-state index contributed by atoms with van der Waals surface area (Å²) in [5, 5.41) is 17.8. The Morgan fingerprint density at radius 1 is 0.893 bits per heavy atom. The van der Waals surface area contributed by atoms with Crippen LogP contribution in [0.25, 0.3) is 12.2 Å². The number of carbonyl (C=O) groups excluding carboxylic acids is 4. The molecule has 1 aromatic carbocycles. The number of nitrogens with zero attached hydrogens (tertiary/aromatic N) is 4. The molecular formula is C35H46N5O15P. The van der Waals surface area contributed by atoms with E-state index in [-0.39, 0.29) is 84.0 Å². The van der Waals surface area contributed by atoms with Crippen LogP contribution >= 0.6 is 7.82 Å². The molecule has 21 heteroatoms. The number of H-pyrrole nitrogens is 1. The minimum atomic E-state index is -4.52. The molecule has 56 heavy (non-hydrogen) atoms. The molecule has 0 radical (unpaired) electrons. The third kappa shape index (κ3) is 18.9. The van der Waals surface area contributed by atoms with Gasteiger partial charge < -0.3 is 43.6 Å². The van der Waals surface area contributed by atoms with Crippen LogP contribution in [0.2, 0.25) is 0 Å². The highest BCUT2D eigenvalue weighted by atomic mass is 31.2. The van der Waals surface area contributed by atoms with E-state index in [1.54, 1.807) is 23.1 Å². The van der Waals surface area contributed by atoms with Crippen LogP contribution in [-0.2, 0) is 69.6 Å². The van der Waals surface area contributed by atoms with Crippen LogP contribution in [0.1, 0.15) is 42.5 Å². The van der Waals surface area contributed by atoms with E-state index in [1.165, 1.54) is 6.07 Å². The maximum atomic E-state index is 12.2. The lowest BCUT2D eigenvalue weighted by Crippen LogP contribution is -2.30. The van der Waals surface area contributed by atoms with E-state index in [2.05, 4.69) is 29.3 Å². The van der Waals surface area contributed by atoms with Gasteiger partial charge in [0.15, 0.2) is 6.10 Å². The second kappa shape index (κ2) is 25.8. The largest absolute Gasteiger partial charge is 0.472 e. The van der Waals surface area contributed by atoms with Crippen LogP contribution in [0, 0.1) is 0 Å². The summed E-state index contributed by atoms with van der Waals surface area (Å²) in [6.07, 6.45) is 6.47. The molecule has 0 aliphatic carbocycles. The number of ether oxygens (including phenoxy) is 5. The molecule has 0 amide bonds. The lowest BCUT2D eigenvalue weighted by Gasteiger charge is -2.24. The van der Waals surface area contributed by atoms with Crippen molar-refractivity contribution in [2.45, 2.75) is 44.9 Å². The summed E-state index contributed by atoms with van der Waals surface area (Å²) in [5.74, 6) is -1.03. The van der Waals surface area contributed by atoms with Gasteiger partial charge in [-0.3, -0.25) is 37.7 Å². The SMILES string of the molecule is O=COCC(COP(=O)(O)OCCCC(=O)OCCOCCCC(=O)OCc1cn(CCN(CCO)c2ccc(/C=C/c3ccc(=O)[nH]c3)cc2)nn1)OC=O. The van der Waals surface area contributed by atoms with Crippen molar-refractivity contribution in [3.63, 3.8) is 0 Å². The molecule has 306 valence electrons. The maximum Gasteiger partial charge on any atom is 0.472 e. The van der Waals surface area contributed by atoms with E-state index in [4.69, 9.17) is 18.7 Å². The molecule has 3 N–H and O–H groups in total. The average Bonchev–Trinajstić information content (AvgIpc) is 3.66. The van der Waals surface area contributed by atoms with Gasteiger partial charge in [-0.25, -0.2) is 4.57 Å². The van der Waals surface area contributed by atoms with Gasteiger partial charge in [0.05, 0.1) is 39.2 Å². The molecule has 3 rings (SSSR count). The van der Waals surface area contributed by atoms with Crippen LogP contribution < -0.4 is 10.5 Å². The van der Waals surface area contributed by atoms with E-state index in [9.17, 15) is 38.5 Å². The fourth-order valence-electron chi connectivity index (χ4n) is 4.64. The Balaban J connectivity index is 1.22. The van der Waals surface area contributed by atoms with Crippen LogP contribution in [0.4, 0.5) is 5.69 Å². The van der Waals surface area contributed by atoms with Gasteiger partial charge in [-0.1, -0.05) is 29.5 Å². The summed E-state index contributed by atoms with van der Waals surface area (Å²) < 4.78 is 47.6. The van der Waals surface area contributed by atoms with Crippen LogP contribution in [0.15, 0.2) is 53.6 Å². The molecule has 2 heterocycles. The molecule has 2 aromatic heterocycles. The molecular weight excluding hydrogens is 761 g/mol. The number of aromatic nitrogens is 4. The minimum absolute atomic E-state index is 0.0346. The van der Waals surface area contributed by atoms with Crippen molar-refractivity contribution in [1.82, 2.24) is 20.0 Å². The molecule has 0 aliphatic rings. The summed E-state index contributed by atoms with van der Waals surface area (Å²) in [6.45, 7) is 0.557. The van der Waals surface area contributed by atoms with Crippen LogP contribution in [0.5, 0.6) is 0 Å². The summed E-state index contributed by atoms with van der Waals surface area (Å²) >= 11 is 0. The number of esters is 2. The van der Waals surface area contributed by atoms with Crippen LogP contribution in [0.3, 0.4) is 0 Å². The monoisotopic (exact) mass is 807 g/mol. The number of hydrogen-bond donors (Lipinski definition) is 3. The first-order valence-corrected chi connectivity index (χ1v) is 19.0. The molecule has 3 aromatic rings. The third-order valence-corrected chi connectivity index (χ3v) is 8.42. The number of phosphoric ester groups is 1. The predicted octanol–water partition coefficient (Wildman–Crippen LogP) is 1.65. The zero-order chi connectivity index (χ0) is 40.4. The Morgan fingerprint density at radius 3 is 2.34 bits per heavy atom. The summed E-state index contributed by atoms with van der Waals surface area (Å²) in [5.41, 5.74) is 3.08. The number of hydrogen-bond acceptors (Lipinski definition) is 17. The van der Waals surface area contributed by atoms with Gasteiger partial charge in [0.1, 0.15) is 25.5 Å². The Bertz CT molecular complexity index is 1750. The second-order valence-corrected chi connectivity index (χ2v) is 13.1. The van der Waals surface area contributed by atoms with Gasteiger partial charge in [-0.2, -0.15) is 0 Å². The van der Waals surface area contributed by atoms with Gasteiger partial charge in [0, 0.05) is 50.5 Å². The first kappa shape index (κ1) is 45.2. The van der Waals surface area contributed by atoms with E-state index >= 15 is 0 Å². The lowest BCUT2D eigenvalue weighted by atomic mass is 10.1. The highest BCUT2D eigenvalue weighted by Crippen LogP contribution is 2.43. The normalized spacial score (nSPS) is 12.8. The quantitative estimate of drug-likeness (QED) is 0.0284. The number of carbonyl (C=O) groups is 4. The number of nitrogens with one attached hydrogen (secondary N) is 1. The third-order valence-electron chi connectivity index (χ3n) is 7.43. The van der Waals surface area contributed by atoms with Gasteiger partial charge >= 0.3 is 19.8 Å². The van der Waals surface area contributed by atoms with Gasteiger partial charge in [0.25, 0.3) is 12.9 Å². The molecule has 0 aliphatic heterocycles. The van der Waals surface area contributed by atoms with Gasteiger partial charge in [0.2, 0.25) is 5.56 Å². The second-order valence-electron chi connectivity index (χ2n) is 11.7. The maximum absolute atomic E-state index is 12.2. The minimum Gasteiger partial charge on any atom is -0.464 e. The molecule has 0 saturated carbocycles. The molecule has 0 spiro atoms. The smallest absolute Gasteiger partial charge is 0.464 e. The zero-order valence-corrected chi connectivity index (χ0v) is 31.4. The molecule has 0 saturated heterocycles. The van der Waals surface area contributed by atoms with Crippen molar-refractivity contribution in [2.75, 3.05) is 64.2 Å². The molecule has 20 nitrogen and oxygen atoms in total. The van der Waals surface area contributed by atoms with E-state index in [0.29, 0.717) is 31.7 Å². The van der Waals surface area contributed by atoms with E-state index < -0.39 is 32.5 Å². The topological polar surface area (TPSA) is 257 Å². The molecule has 2 atom stereocenters. The summed E-state index contributed by atoms with van der Waals surface area (Å²) in [6, 6.07) is 11.0. The van der Waals surface area contributed by atoms with Crippen LogP contribution in [-0.4, -0.2) is 120 Å². The van der Waals surface area contributed by atoms with Crippen molar-refractivity contribution in [3.05, 3.63) is 76.0 Å². The molecule has 0 bridgehead atoms. The Morgan fingerprint density at radius 2 is 1.62 bits per heavy atom. The number of phosphoric acid groups is 1. The first-order chi connectivity index (χ1) is 27.1. The Kier molecular flexibility index (Phi) is 20.8. The van der Waals surface area contributed by atoms with Gasteiger partial charge in [-0.05, 0) is 42.2 Å². The highest BCUT2D eigenvalue weighted by molar-refractivity contribution is 7.47. The summed E-state index contributed by atoms with van der Waals surface area (Å²) in [4.78, 5) is 70.3. The number of rotatable bonds is 30. The summed E-state index contributed by atoms with van der Waals surface area (Å²) in [7, 11) is -4.52.